The maximum Gasteiger partial charge on any atom is 0.419 e. The third kappa shape index (κ3) is 6.57. The molecule has 0 bridgehead atoms. The molecule has 0 aliphatic carbocycles. The normalized spacial score (nSPS) is 15.0. The first-order valence-electron chi connectivity index (χ1n) is 7.46. The van der Waals surface area contributed by atoms with E-state index < -0.39 is 23.3 Å². The SMILES string of the molecule is CCCC(C)(N)C(=O)NC(C)COc1ccccc1C(F)(F)F.Cl. The monoisotopic (exact) mass is 368 g/mol. The molecule has 0 saturated heterocycles. The van der Waals surface area contributed by atoms with E-state index in [0.29, 0.717) is 6.42 Å². The van der Waals surface area contributed by atoms with Crippen LogP contribution in [0.2, 0.25) is 0 Å². The molecule has 24 heavy (non-hydrogen) atoms. The smallest absolute Gasteiger partial charge is 0.419 e. The number of rotatable bonds is 7. The number of carbonyl (C=O) groups excluding carboxylic acids is 1. The molecule has 0 fully saturated rings. The molecule has 0 spiro atoms. The van der Waals surface area contributed by atoms with Crippen LogP contribution in [-0.2, 0) is 11.0 Å². The lowest BCUT2D eigenvalue weighted by Gasteiger charge is -2.25. The van der Waals surface area contributed by atoms with Crippen molar-refractivity contribution in [2.24, 2.45) is 5.73 Å². The molecule has 0 aliphatic heterocycles. The van der Waals surface area contributed by atoms with Crippen molar-refractivity contribution >= 4 is 18.3 Å². The standard InChI is InChI=1S/C16H23F3N2O2.ClH/c1-4-9-15(3,20)14(22)21-11(2)10-23-13-8-6-5-7-12(13)16(17,18)19;/h5-8,11H,4,9-10,20H2,1-3H3,(H,21,22);1H. The zero-order chi connectivity index (χ0) is 17.7. The van der Waals surface area contributed by atoms with Gasteiger partial charge in [-0.05, 0) is 32.4 Å². The topological polar surface area (TPSA) is 64.4 Å². The molecule has 1 aromatic carbocycles. The first kappa shape index (κ1) is 22.5. The molecule has 3 N–H and O–H groups in total. The summed E-state index contributed by atoms with van der Waals surface area (Å²) in [6.07, 6.45) is -3.21. The van der Waals surface area contributed by atoms with Gasteiger partial charge < -0.3 is 15.8 Å². The van der Waals surface area contributed by atoms with E-state index in [1.54, 1.807) is 13.8 Å². The Morgan fingerprint density at radius 1 is 1.33 bits per heavy atom. The molecular formula is C16H24ClF3N2O2. The summed E-state index contributed by atoms with van der Waals surface area (Å²) in [5.74, 6) is -0.607. The Morgan fingerprint density at radius 2 is 1.92 bits per heavy atom. The first-order valence-corrected chi connectivity index (χ1v) is 7.46. The van der Waals surface area contributed by atoms with Gasteiger partial charge in [0.05, 0.1) is 17.1 Å². The van der Waals surface area contributed by atoms with E-state index in [4.69, 9.17) is 10.5 Å². The van der Waals surface area contributed by atoms with Gasteiger partial charge in [0, 0.05) is 0 Å². The van der Waals surface area contributed by atoms with Crippen LogP contribution in [0.25, 0.3) is 0 Å². The molecule has 0 radical (unpaired) electrons. The molecule has 0 heterocycles. The van der Waals surface area contributed by atoms with Gasteiger partial charge in [0.25, 0.3) is 0 Å². The molecule has 2 atom stereocenters. The number of para-hydroxylation sites is 1. The molecule has 0 aromatic heterocycles. The zero-order valence-electron chi connectivity index (χ0n) is 13.9. The van der Waals surface area contributed by atoms with Crippen LogP contribution < -0.4 is 15.8 Å². The largest absolute Gasteiger partial charge is 0.491 e. The van der Waals surface area contributed by atoms with Gasteiger partial charge in [0.2, 0.25) is 5.91 Å². The van der Waals surface area contributed by atoms with Gasteiger partial charge in [-0.25, -0.2) is 0 Å². The van der Waals surface area contributed by atoms with E-state index in [-0.39, 0.29) is 30.7 Å². The molecule has 1 aromatic rings. The number of benzene rings is 1. The van der Waals surface area contributed by atoms with Crippen molar-refractivity contribution in [3.05, 3.63) is 29.8 Å². The summed E-state index contributed by atoms with van der Waals surface area (Å²) in [6.45, 7) is 5.11. The van der Waals surface area contributed by atoms with Gasteiger partial charge >= 0.3 is 6.18 Å². The fourth-order valence-corrected chi connectivity index (χ4v) is 2.10. The summed E-state index contributed by atoms with van der Waals surface area (Å²) >= 11 is 0. The van der Waals surface area contributed by atoms with Crippen molar-refractivity contribution in [1.29, 1.82) is 0 Å². The predicted molar refractivity (Wildman–Crippen MR) is 89.3 cm³/mol. The number of nitrogens with one attached hydrogen (secondary N) is 1. The number of ether oxygens (including phenoxy) is 1. The van der Waals surface area contributed by atoms with Crippen molar-refractivity contribution < 1.29 is 22.7 Å². The van der Waals surface area contributed by atoms with Gasteiger partial charge in [-0.15, -0.1) is 12.4 Å². The first-order chi connectivity index (χ1) is 10.6. The maximum atomic E-state index is 12.9. The van der Waals surface area contributed by atoms with Crippen molar-refractivity contribution in [2.75, 3.05) is 6.61 Å². The highest BCUT2D eigenvalue weighted by Crippen LogP contribution is 2.35. The molecule has 2 unspecified atom stereocenters. The van der Waals surface area contributed by atoms with Crippen molar-refractivity contribution in [2.45, 2.75) is 51.4 Å². The van der Waals surface area contributed by atoms with Crippen molar-refractivity contribution in [3.63, 3.8) is 0 Å². The van der Waals surface area contributed by atoms with Crippen molar-refractivity contribution in [3.8, 4) is 5.75 Å². The van der Waals surface area contributed by atoms with Gasteiger partial charge in [-0.2, -0.15) is 13.2 Å². The van der Waals surface area contributed by atoms with Crippen LogP contribution in [0.3, 0.4) is 0 Å². The lowest BCUT2D eigenvalue weighted by molar-refractivity contribution is -0.139. The summed E-state index contributed by atoms with van der Waals surface area (Å²) in [4.78, 5) is 12.0. The van der Waals surface area contributed by atoms with Crippen LogP contribution in [0.5, 0.6) is 5.75 Å². The van der Waals surface area contributed by atoms with Crippen LogP contribution in [-0.4, -0.2) is 24.1 Å². The number of carbonyl (C=O) groups is 1. The van der Waals surface area contributed by atoms with Crippen LogP contribution in [0.15, 0.2) is 24.3 Å². The summed E-state index contributed by atoms with van der Waals surface area (Å²) in [7, 11) is 0. The molecule has 0 aliphatic rings. The van der Waals surface area contributed by atoms with Crippen molar-refractivity contribution in [1.82, 2.24) is 5.32 Å². The van der Waals surface area contributed by atoms with Gasteiger partial charge in [-0.3, -0.25) is 4.79 Å². The van der Waals surface area contributed by atoms with Gasteiger partial charge in [-0.1, -0.05) is 25.5 Å². The number of amides is 1. The van der Waals surface area contributed by atoms with Crippen LogP contribution >= 0.6 is 12.4 Å². The zero-order valence-corrected chi connectivity index (χ0v) is 14.8. The van der Waals surface area contributed by atoms with Gasteiger partial charge in [0.15, 0.2) is 0 Å². The van der Waals surface area contributed by atoms with E-state index in [2.05, 4.69) is 5.32 Å². The van der Waals surface area contributed by atoms with Crippen LogP contribution in [0.4, 0.5) is 13.2 Å². The lowest BCUT2D eigenvalue weighted by Crippen LogP contribution is -2.54. The fourth-order valence-electron chi connectivity index (χ4n) is 2.10. The minimum Gasteiger partial charge on any atom is -0.491 e. The second-order valence-electron chi connectivity index (χ2n) is 5.85. The Hall–Kier alpha value is -1.47. The summed E-state index contributed by atoms with van der Waals surface area (Å²) in [5.41, 5.74) is 4.06. The van der Waals surface area contributed by atoms with E-state index in [1.807, 2.05) is 6.92 Å². The lowest BCUT2D eigenvalue weighted by atomic mass is 9.96. The molecule has 4 nitrogen and oxygen atoms in total. The quantitative estimate of drug-likeness (QED) is 0.773. The summed E-state index contributed by atoms with van der Waals surface area (Å²) in [5, 5.41) is 2.66. The van der Waals surface area contributed by atoms with E-state index in [1.165, 1.54) is 18.2 Å². The van der Waals surface area contributed by atoms with Gasteiger partial charge in [0.1, 0.15) is 12.4 Å². The number of hydrogen-bond acceptors (Lipinski definition) is 3. The second-order valence-corrected chi connectivity index (χ2v) is 5.85. The summed E-state index contributed by atoms with van der Waals surface area (Å²) < 4.78 is 43.8. The average Bonchev–Trinajstić information content (AvgIpc) is 2.44. The highest BCUT2D eigenvalue weighted by Gasteiger charge is 2.34. The van der Waals surface area contributed by atoms with E-state index >= 15 is 0 Å². The highest BCUT2D eigenvalue weighted by atomic mass is 35.5. The minimum atomic E-state index is -4.49. The van der Waals surface area contributed by atoms with Crippen LogP contribution in [0.1, 0.15) is 39.2 Å². The molecule has 1 rings (SSSR count). The maximum absolute atomic E-state index is 12.9. The summed E-state index contributed by atoms with van der Waals surface area (Å²) in [6, 6.07) is 4.50. The molecule has 138 valence electrons. The Morgan fingerprint density at radius 3 is 2.46 bits per heavy atom. The Kier molecular flexibility index (Phi) is 8.57. The third-order valence-corrected chi connectivity index (χ3v) is 3.35. The number of hydrogen-bond donors (Lipinski definition) is 2. The number of halogens is 4. The molecule has 1 amide bonds. The number of alkyl halides is 3. The molecule has 8 heteroatoms. The third-order valence-electron chi connectivity index (χ3n) is 3.35. The minimum absolute atomic E-state index is 0. The average molecular weight is 369 g/mol. The number of nitrogens with two attached hydrogens (primary N) is 1. The highest BCUT2D eigenvalue weighted by molar-refractivity contribution is 5.86. The molecule has 0 saturated carbocycles. The van der Waals surface area contributed by atoms with Crippen LogP contribution in [0, 0.1) is 0 Å². The van der Waals surface area contributed by atoms with E-state index in [0.717, 1.165) is 12.5 Å². The Labute approximate surface area is 146 Å². The predicted octanol–water partition coefficient (Wildman–Crippen LogP) is 3.53. The van der Waals surface area contributed by atoms with E-state index in [9.17, 15) is 18.0 Å². The Bertz CT molecular complexity index is 536. The Balaban J connectivity index is 0.00000529. The second kappa shape index (κ2) is 9.13. The molecular weight excluding hydrogens is 345 g/mol. The fraction of sp³-hybridized carbons (Fsp3) is 0.562.